The maximum atomic E-state index is 13.3. The van der Waals surface area contributed by atoms with Crippen LogP contribution in [0.2, 0.25) is 5.02 Å². The number of halogens is 1. The highest BCUT2D eigenvalue weighted by Gasteiger charge is 2.42. The van der Waals surface area contributed by atoms with E-state index in [2.05, 4.69) is 0 Å². The molecule has 0 unspecified atom stereocenters. The molecule has 36 heavy (non-hydrogen) atoms. The van der Waals surface area contributed by atoms with Gasteiger partial charge in [0.2, 0.25) is 0 Å². The first-order chi connectivity index (χ1) is 17.3. The molecule has 2 aliphatic rings. The van der Waals surface area contributed by atoms with Gasteiger partial charge in [-0.2, -0.15) is 5.10 Å². The zero-order chi connectivity index (χ0) is 25.4. The quantitative estimate of drug-likeness (QED) is 0.311. The van der Waals surface area contributed by atoms with E-state index in [9.17, 15) is 13.2 Å². The van der Waals surface area contributed by atoms with Crippen LogP contribution in [0.5, 0.6) is 5.75 Å². The van der Waals surface area contributed by atoms with Crippen molar-refractivity contribution in [2.24, 2.45) is 0 Å². The van der Waals surface area contributed by atoms with Crippen molar-refractivity contribution in [1.29, 1.82) is 0 Å². The predicted octanol–water partition coefficient (Wildman–Crippen LogP) is 4.98. The Morgan fingerprint density at radius 3 is 2.69 bits per heavy atom. The third-order valence-corrected chi connectivity index (χ3v) is 9.33. The largest absolute Gasteiger partial charge is 0.492 e. The van der Waals surface area contributed by atoms with Crippen LogP contribution in [0.1, 0.15) is 18.9 Å². The summed E-state index contributed by atoms with van der Waals surface area (Å²) in [7, 11) is -3.16. The number of hydrogen-bond acceptors (Lipinski definition) is 7. The zero-order valence-corrected chi connectivity index (χ0v) is 22.5. The van der Waals surface area contributed by atoms with E-state index in [0.29, 0.717) is 44.3 Å². The number of carbonyl (C=O) groups is 1. The summed E-state index contributed by atoms with van der Waals surface area (Å²) in [6.45, 7) is 2.39. The summed E-state index contributed by atoms with van der Waals surface area (Å²) in [4.78, 5) is 15.2. The third-order valence-electron chi connectivity index (χ3n) is 5.95. The maximum absolute atomic E-state index is 13.3. The van der Waals surface area contributed by atoms with Gasteiger partial charge >= 0.3 is 0 Å². The van der Waals surface area contributed by atoms with Crippen molar-refractivity contribution in [3.05, 3.63) is 70.2 Å². The summed E-state index contributed by atoms with van der Waals surface area (Å²) in [6, 6.07) is 14.7. The van der Waals surface area contributed by atoms with E-state index in [4.69, 9.17) is 33.7 Å². The van der Waals surface area contributed by atoms with Gasteiger partial charge in [0.05, 0.1) is 39.8 Å². The number of carbonyl (C=O) groups excluding carboxylic acids is 1. The van der Waals surface area contributed by atoms with Crippen molar-refractivity contribution in [2.45, 2.75) is 19.4 Å². The number of rotatable bonds is 6. The van der Waals surface area contributed by atoms with Crippen LogP contribution in [0.4, 0.5) is 0 Å². The summed E-state index contributed by atoms with van der Waals surface area (Å²) in [5.41, 5.74) is 2.97. The molecule has 11 heteroatoms. The van der Waals surface area contributed by atoms with Gasteiger partial charge in [-0.25, -0.2) is 13.1 Å². The third kappa shape index (κ3) is 4.95. The van der Waals surface area contributed by atoms with Crippen LogP contribution < -0.4 is 4.74 Å². The molecule has 2 saturated heterocycles. The van der Waals surface area contributed by atoms with Gasteiger partial charge < -0.3 is 4.74 Å². The van der Waals surface area contributed by atoms with Gasteiger partial charge in [0.25, 0.3) is 5.91 Å². The molecular formula is C25H22ClN3O4S3. The fourth-order valence-corrected chi connectivity index (χ4v) is 7.59. The number of ether oxygens (including phenoxy) is 1. The average molecular weight is 560 g/mol. The Kier molecular flexibility index (Phi) is 6.95. The normalized spacial score (nSPS) is 20.4. The number of benzene rings is 2. The number of thioether (sulfide) groups is 1. The monoisotopic (exact) mass is 559 g/mol. The zero-order valence-electron chi connectivity index (χ0n) is 19.3. The molecule has 2 aliphatic heterocycles. The van der Waals surface area contributed by atoms with Gasteiger partial charge in [-0.05, 0) is 49.8 Å². The number of nitrogens with zero attached hydrogens (tertiary/aromatic N) is 3. The Hall–Kier alpha value is -2.66. The van der Waals surface area contributed by atoms with Gasteiger partial charge in [-0.1, -0.05) is 53.8 Å². The highest BCUT2D eigenvalue weighted by molar-refractivity contribution is 8.26. The maximum Gasteiger partial charge on any atom is 0.266 e. The first kappa shape index (κ1) is 25.0. The van der Waals surface area contributed by atoms with Crippen LogP contribution in [0.3, 0.4) is 0 Å². The SMILES string of the molecule is CCOc1ccc(-c2nn(-c3ccccc3)cc2/C=C2\SC(=S)N([C@@H]3CCS(=O)(=O)C3)C2=O)cc1Cl. The fourth-order valence-electron chi connectivity index (χ4n) is 4.27. The second-order valence-corrected chi connectivity index (χ2v) is 12.7. The number of sulfone groups is 1. The molecule has 1 amide bonds. The molecule has 1 atom stereocenters. The van der Waals surface area contributed by atoms with Gasteiger partial charge in [-0.15, -0.1) is 0 Å². The van der Waals surface area contributed by atoms with Crippen molar-refractivity contribution < 1.29 is 17.9 Å². The molecular weight excluding hydrogens is 538 g/mol. The van der Waals surface area contributed by atoms with Crippen LogP contribution in [0.15, 0.2) is 59.6 Å². The lowest BCUT2D eigenvalue weighted by molar-refractivity contribution is -0.123. The Bertz CT molecular complexity index is 1490. The summed E-state index contributed by atoms with van der Waals surface area (Å²) >= 11 is 13.1. The van der Waals surface area contributed by atoms with E-state index in [-0.39, 0.29) is 17.4 Å². The second kappa shape index (κ2) is 10.0. The molecule has 0 aliphatic carbocycles. The number of aromatic nitrogens is 2. The molecule has 0 N–H and O–H groups in total. The number of amides is 1. The van der Waals surface area contributed by atoms with Crippen molar-refractivity contribution in [2.75, 3.05) is 18.1 Å². The number of hydrogen-bond donors (Lipinski definition) is 0. The minimum Gasteiger partial charge on any atom is -0.492 e. The first-order valence-corrected chi connectivity index (χ1v) is 14.7. The number of para-hydroxylation sites is 1. The Morgan fingerprint density at radius 2 is 2.03 bits per heavy atom. The topological polar surface area (TPSA) is 81.5 Å². The summed E-state index contributed by atoms with van der Waals surface area (Å²) in [6.07, 6.45) is 4.00. The van der Waals surface area contributed by atoms with Crippen LogP contribution in [-0.2, 0) is 14.6 Å². The standard InChI is InChI=1S/C25H22ClN3O4S3/c1-2-33-21-9-8-16(12-20(21)26)23-17(14-28(27-23)18-6-4-3-5-7-18)13-22-24(30)29(25(34)35-22)19-10-11-36(31,32)15-19/h3-9,12-14,19H,2,10-11,15H2,1H3/b22-13-/t19-/m1/s1. The van der Waals surface area contributed by atoms with E-state index in [0.717, 1.165) is 11.3 Å². The molecule has 7 nitrogen and oxygen atoms in total. The van der Waals surface area contributed by atoms with Crippen LogP contribution in [0.25, 0.3) is 23.0 Å². The van der Waals surface area contributed by atoms with Crippen molar-refractivity contribution in [3.63, 3.8) is 0 Å². The van der Waals surface area contributed by atoms with Crippen molar-refractivity contribution in [1.82, 2.24) is 14.7 Å². The minimum atomic E-state index is -3.16. The van der Waals surface area contributed by atoms with E-state index < -0.39 is 15.9 Å². The van der Waals surface area contributed by atoms with Crippen molar-refractivity contribution >= 4 is 61.7 Å². The molecule has 0 spiro atoms. The molecule has 0 radical (unpaired) electrons. The second-order valence-electron chi connectivity index (χ2n) is 8.40. The molecule has 1 aromatic heterocycles. The summed E-state index contributed by atoms with van der Waals surface area (Å²) in [5.74, 6) is 0.309. The lowest BCUT2D eigenvalue weighted by Gasteiger charge is -2.20. The van der Waals surface area contributed by atoms with E-state index >= 15 is 0 Å². The molecule has 5 rings (SSSR count). The van der Waals surface area contributed by atoms with Gasteiger partial charge in [-0.3, -0.25) is 9.69 Å². The summed E-state index contributed by atoms with van der Waals surface area (Å²) in [5, 5.41) is 5.26. The van der Waals surface area contributed by atoms with Gasteiger partial charge in [0.1, 0.15) is 15.8 Å². The first-order valence-electron chi connectivity index (χ1n) is 11.3. The highest BCUT2D eigenvalue weighted by Crippen LogP contribution is 2.38. The van der Waals surface area contributed by atoms with Crippen LogP contribution >= 0.6 is 35.6 Å². The Morgan fingerprint density at radius 1 is 1.25 bits per heavy atom. The molecule has 0 saturated carbocycles. The lowest BCUT2D eigenvalue weighted by atomic mass is 10.1. The summed E-state index contributed by atoms with van der Waals surface area (Å²) < 4.78 is 31.6. The van der Waals surface area contributed by atoms with E-state index in [1.54, 1.807) is 22.9 Å². The minimum absolute atomic E-state index is 0.0609. The smallest absolute Gasteiger partial charge is 0.266 e. The van der Waals surface area contributed by atoms with E-state index in [1.165, 1.54) is 16.7 Å². The molecule has 3 heterocycles. The highest BCUT2D eigenvalue weighted by atomic mass is 35.5. The van der Waals surface area contributed by atoms with Gasteiger partial charge in [0, 0.05) is 17.3 Å². The molecule has 3 aromatic rings. The molecule has 2 fully saturated rings. The van der Waals surface area contributed by atoms with Crippen LogP contribution in [0, 0.1) is 0 Å². The molecule has 0 bridgehead atoms. The number of thiocarbonyl (C=S) groups is 1. The Labute approximate surface area is 224 Å². The fraction of sp³-hybridized carbons (Fsp3) is 0.240. The van der Waals surface area contributed by atoms with Crippen LogP contribution in [-0.4, -0.2) is 57.5 Å². The van der Waals surface area contributed by atoms with E-state index in [1.807, 2.05) is 49.5 Å². The predicted molar refractivity (Wildman–Crippen MR) is 147 cm³/mol. The lowest BCUT2D eigenvalue weighted by Crippen LogP contribution is -2.39. The molecule has 2 aromatic carbocycles. The average Bonchev–Trinajstić information content (AvgIpc) is 3.51. The molecule has 186 valence electrons. The Balaban J connectivity index is 1.55. The van der Waals surface area contributed by atoms with Gasteiger partial charge in [0.15, 0.2) is 9.84 Å². The van der Waals surface area contributed by atoms with Crippen molar-refractivity contribution in [3.8, 4) is 22.7 Å².